The van der Waals surface area contributed by atoms with Gasteiger partial charge in [0.25, 0.3) is 0 Å². The lowest BCUT2D eigenvalue weighted by molar-refractivity contribution is -0.126. The van der Waals surface area contributed by atoms with Crippen LogP contribution in [0.15, 0.2) is 29.8 Å². The topological polar surface area (TPSA) is 113 Å². The highest BCUT2D eigenvalue weighted by Gasteiger charge is 2.24. The second-order valence-electron chi connectivity index (χ2n) is 8.11. The van der Waals surface area contributed by atoms with Crippen molar-refractivity contribution in [1.29, 1.82) is 0 Å². The van der Waals surface area contributed by atoms with E-state index in [0.29, 0.717) is 19.0 Å². The molecule has 1 atom stereocenters. The molecule has 0 aliphatic carbocycles. The first-order chi connectivity index (χ1) is 15.9. The molecule has 0 bridgehead atoms. The molecule has 2 heterocycles. The van der Waals surface area contributed by atoms with E-state index in [1.807, 2.05) is 23.6 Å². The first-order valence-corrected chi connectivity index (χ1v) is 11.6. The highest BCUT2D eigenvalue weighted by atomic mass is 32.1. The van der Waals surface area contributed by atoms with Gasteiger partial charge in [0.05, 0.1) is 26.1 Å². The Morgan fingerprint density at radius 3 is 2.54 bits per heavy atom. The van der Waals surface area contributed by atoms with Gasteiger partial charge in [-0.2, -0.15) is 0 Å². The summed E-state index contributed by atoms with van der Waals surface area (Å²) in [5.74, 6) is 0.474. The Morgan fingerprint density at radius 1 is 1.17 bits per heavy atom. The molecule has 2 amide bonds. The summed E-state index contributed by atoms with van der Waals surface area (Å²) in [6.45, 7) is 5.00. The van der Waals surface area contributed by atoms with Crippen molar-refractivity contribution in [1.82, 2.24) is 20.5 Å². The zero-order valence-electron chi connectivity index (χ0n) is 19.1. The van der Waals surface area contributed by atoms with Crippen molar-refractivity contribution in [3.63, 3.8) is 0 Å². The number of hydrogen-bond donors (Lipinski definition) is 3. The molecule has 193 valence electrons. The summed E-state index contributed by atoms with van der Waals surface area (Å²) in [5.41, 5.74) is 1.90. The maximum atomic E-state index is 12.5. The molecule has 1 aliphatic rings. The maximum absolute atomic E-state index is 12.5. The number of methoxy groups -OCH3 is 1. The summed E-state index contributed by atoms with van der Waals surface area (Å²) in [6, 6.07) is 5.82. The summed E-state index contributed by atoms with van der Waals surface area (Å²) in [5, 5.41) is 11.6. The average Bonchev–Trinajstić information content (AvgIpc) is 3.32. The minimum absolute atomic E-state index is 0. The quantitative estimate of drug-likeness (QED) is 0.554. The number of rotatable bonds is 6. The van der Waals surface area contributed by atoms with Crippen LogP contribution in [0.4, 0.5) is 5.13 Å². The number of aromatic nitrogens is 1. The standard InChI is InChI=1S/C23H30N5O4S.2CH4/c1-15-9-25-20(29)13-28(14-21(30)26-10-16(2)22(15)31)12-17-4-5-19(32-3)18(8-17)11-27-23-24-6-7-33-23;;/h4-8,15H,9-14H2,1-3H3,(H,24,27)(H,25,29)(H,26,30);2*1H4. The van der Waals surface area contributed by atoms with Crippen molar-refractivity contribution in [3.05, 3.63) is 46.8 Å². The van der Waals surface area contributed by atoms with E-state index in [4.69, 9.17) is 4.74 Å². The molecular formula is C25H38N5O4S. The highest BCUT2D eigenvalue weighted by Crippen LogP contribution is 2.23. The minimum Gasteiger partial charge on any atom is -0.496 e. The van der Waals surface area contributed by atoms with E-state index in [1.54, 1.807) is 32.1 Å². The molecule has 1 aliphatic heterocycles. The smallest absolute Gasteiger partial charge is 0.234 e. The molecule has 1 saturated heterocycles. The van der Waals surface area contributed by atoms with E-state index in [9.17, 15) is 14.4 Å². The van der Waals surface area contributed by atoms with Crippen LogP contribution >= 0.6 is 11.3 Å². The summed E-state index contributed by atoms with van der Waals surface area (Å²) < 4.78 is 5.49. The third-order valence-electron chi connectivity index (χ3n) is 5.37. The molecule has 1 fully saturated rings. The lowest BCUT2D eigenvalue weighted by Gasteiger charge is -2.24. The SMILES string of the molecule is C.C.COc1ccc(CN2CC(=O)NC[C](C)C(=O)C(C)CNC(=O)C2)cc1CNc1nccs1. The third-order valence-corrected chi connectivity index (χ3v) is 6.10. The largest absolute Gasteiger partial charge is 0.496 e. The number of ketones is 1. The van der Waals surface area contributed by atoms with Gasteiger partial charge in [0.2, 0.25) is 11.8 Å². The van der Waals surface area contributed by atoms with Gasteiger partial charge in [-0.1, -0.05) is 27.8 Å². The van der Waals surface area contributed by atoms with Crippen LogP contribution in [0.5, 0.6) is 5.75 Å². The van der Waals surface area contributed by atoms with E-state index in [1.165, 1.54) is 11.3 Å². The monoisotopic (exact) mass is 504 g/mol. The fourth-order valence-corrected chi connectivity index (χ4v) is 4.12. The number of nitrogens with zero attached hydrogens (tertiary/aromatic N) is 2. The van der Waals surface area contributed by atoms with Crippen LogP contribution in [0.25, 0.3) is 0 Å². The number of anilines is 1. The molecule has 3 rings (SSSR count). The lowest BCUT2D eigenvalue weighted by Crippen LogP contribution is -2.46. The fraction of sp³-hybridized carbons (Fsp3) is 0.480. The van der Waals surface area contributed by atoms with Crippen molar-refractivity contribution in [3.8, 4) is 5.75 Å². The molecule has 1 unspecified atom stereocenters. The Kier molecular flexibility index (Phi) is 12.4. The van der Waals surface area contributed by atoms with Crippen LogP contribution < -0.4 is 20.7 Å². The van der Waals surface area contributed by atoms with Crippen LogP contribution in [0.3, 0.4) is 0 Å². The van der Waals surface area contributed by atoms with E-state index in [-0.39, 0.29) is 64.5 Å². The molecular weight excluding hydrogens is 466 g/mol. The van der Waals surface area contributed by atoms with Crippen molar-refractivity contribution in [2.45, 2.75) is 41.8 Å². The second kappa shape index (κ2) is 14.4. The number of thiazole rings is 1. The summed E-state index contributed by atoms with van der Waals surface area (Å²) in [4.78, 5) is 43.3. The molecule has 0 saturated carbocycles. The van der Waals surface area contributed by atoms with E-state index >= 15 is 0 Å². The molecule has 1 aromatic heterocycles. The number of carbonyl (C=O) groups excluding carboxylic acids is 3. The molecule has 0 spiro atoms. The molecule has 9 nitrogen and oxygen atoms in total. The molecule has 2 aromatic rings. The number of benzene rings is 1. The zero-order valence-corrected chi connectivity index (χ0v) is 20.0. The zero-order chi connectivity index (χ0) is 23.8. The van der Waals surface area contributed by atoms with Gasteiger partial charge in [-0.25, -0.2) is 4.98 Å². The van der Waals surface area contributed by atoms with Crippen molar-refractivity contribution in [2.24, 2.45) is 5.92 Å². The highest BCUT2D eigenvalue weighted by molar-refractivity contribution is 7.13. The average molecular weight is 505 g/mol. The number of carbonyl (C=O) groups is 3. The van der Waals surface area contributed by atoms with Crippen LogP contribution in [0, 0.1) is 11.8 Å². The molecule has 1 radical (unpaired) electrons. The van der Waals surface area contributed by atoms with E-state index in [0.717, 1.165) is 22.0 Å². The van der Waals surface area contributed by atoms with Gasteiger partial charge in [0.1, 0.15) is 11.5 Å². The minimum atomic E-state index is -0.340. The van der Waals surface area contributed by atoms with Gasteiger partial charge in [0, 0.05) is 49.2 Å². The van der Waals surface area contributed by atoms with Crippen LogP contribution in [0.2, 0.25) is 0 Å². The van der Waals surface area contributed by atoms with Gasteiger partial charge in [0.15, 0.2) is 5.13 Å². The van der Waals surface area contributed by atoms with Gasteiger partial charge in [-0.05, 0) is 24.6 Å². The van der Waals surface area contributed by atoms with Crippen molar-refractivity contribution < 1.29 is 19.1 Å². The Labute approximate surface area is 212 Å². The number of Topliss-reactive ketones (excluding diaryl/α,β-unsaturated/α-hetero) is 1. The van der Waals surface area contributed by atoms with Crippen LogP contribution in [-0.4, -0.2) is 60.8 Å². The van der Waals surface area contributed by atoms with E-state index < -0.39 is 0 Å². The Balaban J connectivity index is 0.00000306. The lowest BCUT2D eigenvalue weighted by atomic mass is 9.95. The third kappa shape index (κ3) is 8.95. The summed E-state index contributed by atoms with van der Waals surface area (Å²) in [7, 11) is 1.62. The number of amides is 2. The van der Waals surface area contributed by atoms with Gasteiger partial charge in [-0.3, -0.25) is 19.3 Å². The number of ether oxygens (including phenoxy) is 1. The maximum Gasteiger partial charge on any atom is 0.234 e. The Bertz CT molecular complexity index is 937. The fourth-order valence-electron chi connectivity index (χ4n) is 3.59. The van der Waals surface area contributed by atoms with Crippen LogP contribution in [0.1, 0.15) is 39.8 Å². The Morgan fingerprint density at radius 2 is 1.89 bits per heavy atom. The van der Waals surface area contributed by atoms with Gasteiger partial charge in [-0.15, -0.1) is 11.3 Å². The number of hydrogen-bond acceptors (Lipinski definition) is 8. The first-order valence-electron chi connectivity index (χ1n) is 10.8. The predicted octanol–water partition coefficient (Wildman–Crippen LogP) is 2.88. The first kappa shape index (κ1) is 30.1. The molecule has 35 heavy (non-hydrogen) atoms. The van der Waals surface area contributed by atoms with E-state index in [2.05, 4.69) is 20.9 Å². The van der Waals surface area contributed by atoms with Crippen LogP contribution in [-0.2, 0) is 27.5 Å². The molecule has 3 N–H and O–H groups in total. The Hall–Kier alpha value is -2.98. The van der Waals surface area contributed by atoms with Gasteiger partial charge >= 0.3 is 0 Å². The molecule has 10 heteroatoms. The van der Waals surface area contributed by atoms with Crippen molar-refractivity contribution in [2.75, 3.05) is 38.6 Å². The summed E-state index contributed by atoms with van der Waals surface area (Å²) in [6.07, 6.45) is 1.74. The summed E-state index contributed by atoms with van der Waals surface area (Å²) >= 11 is 1.52. The number of nitrogens with one attached hydrogen (secondary N) is 3. The van der Waals surface area contributed by atoms with Gasteiger partial charge < -0.3 is 20.7 Å². The predicted molar refractivity (Wildman–Crippen MR) is 140 cm³/mol. The second-order valence-corrected chi connectivity index (χ2v) is 9.00. The van der Waals surface area contributed by atoms with Crippen molar-refractivity contribution >= 4 is 34.1 Å². The normalized spacial score (nSPS) is 18.1. The molecule has 1 aromatic carbocycles.